The summed E-state index contributed by atoms with van der Waals surface area (Å²) < 4.78 is 0. The van der Waals surface area contributed by atoms with Crippen molar-refractivity contribution in [1.82, 2.24) is 9.97 Å². The highest BCUT2D eigenvalue weighted by Gasteiger charge is 2.52. The van der Waals surface area contributed by atoms with Crippen LogP contribution in [0.2, 0.25) is 0 Å². The minimum atomic E-state index is -0.427. The van der Waals surface area contributed by atoms with Crippen molar-refractivity contribution in [3.8, 4) is 55.9 Å². The van der Waals surface area contributed by atoms with E-state index in [1.807, 2.05) is 12.1 Å². The van der Waals surface area contributed by atoms with Crippen molar-refractivity contribution >= 4 is 28.1 Å². The molecule has 0 radical (unpaired) electrons. The summed E-state index contributed by atoms with van der Waals surface area (Å²) in [6.45, 7) is 0. The van der Waals surface area contributed by atoms with Crippen LogP contribution in [0, 0.1) is 0 Å². The first-order valence-electron chi connectivity index (χ1n) is 18.6. The van der Waals surface area contributed by atoms with Gasteiger partial charge in [-0.1, -0.05) is 164 Å². The highest BCUT2D eigenvalue weighted by atomic mass is 15.3. The Morgan fingerprint density at radius 3 is 1.50 bits per heavy atom. The van der Waals surface area contributed by atoms with Gasteiger partial charge in [-0.25, -0.2) is 9.97 Å². The van der Waals surface area contributed by atoms with E-state index in [1.54, 1.807) is 0 Å². The van der Waals surface area contributed by atoms with E-state index in [1.165, 1.54) is 66.4 Å². The van der Waals surface area contributed by atoms with Crippen LogP contribution in [-0.4, -0.2) is 9.97 Å². The second-order valence-corrected chi connectivity index (χ2v) is 14.5. The summed E-state index contributed by atoms with van der Waals surface area (Å²) in [5, 5.41) is 2.46. The lowest BCUT2D eigenvalue weighted by molar-refractivity contribution is 0.794. The van der Waals surface area contributed by atoms with E-state index in [2.05, 4.69) is 181 Å². The van der Waals surface area contributed by atoms with Gasteiger partial charge in [-0.05, 0) is 79.7 Å². The number of rotatable bonds is 3. The zero-order valence-corrected chi connectivity index (χ0v) is 29.2. The maximum atomic E-state index is 5.34. The fourth-order valence-corrected chi connectivity index (χ4v) is 9.73. The van der Waals surface area contributed by atoms with Crippen molar-refractivity contribution in [2.24, 2.45) is 0 Å². The summed E-state index contributed by atoms with van der Waals surface area (Å²) in [5.74, 6) is 0.650. The van der Waals surface area contributed by atoms with Crippen LogP contribution in [0.4, 0.5) is 17.3 Å². The second kappa shape index (κ2) is 11.0. The van der Waals surface area contributed by atoms with E-state index in [4.69, 9.17) is 9.97 Å². The number of hydrogen-bond donors (Lipinski definition) is 0. The number of nitrogens with zero attached hydrogens (tertiary/aromatic N) is 3. The van der Waals surface area contributed by atoms with Crippen LogP contribution in [0.3, 0.4) is 0 Å². The zero-order valence-electron chi connectivity index (χ0n) is 29.2. The molecule has 0 unspecified atom stereocenters. The molecule has 0 N–H and O–H groups in total. The number of anilines is 3. The Hall–Kier alpha value is -7.10. The van der Waals surface area contributed by atoms with Crippen LogP contribution in [-0.2, 0) is 5.41 Å². The Balaban J connectivity index is 1.19. The van der Waals surface area contributed by atoms with Crippen LogP contribution >= 0.6 is 0 Å². The predicted molar refractivity (Wildman–Crippen MR) is 220 cm³/mol. The van der Waals surface area contributed by atoms with Gasteiger partial charge in [0.05, 0.1) is 28.2 Å². The first-order valence-corrected chi connectivity index (χ1v) is 18.6. The summed E-state index contributed by atoms with van der Waals surface area (Å²) in [6, 6.07) is 68.2. The van der Waals surface area contributed by atoms with Gasteiger partial charge in [0.15, 0.2) is 0 Å². The summed E-state index contributed by atoms with van der Waals surface area (Å²) in [7, 11) is 0. The number of para-hydroxylation sites is 1. The molecule has 12 rings (SSSR count). The Morgan fingerprint density at radius 1 is 0.370 bits per heavy atom. The fraction of sp³-hybridized carbons (Fsp3) is 0.0196. The predicted octanol–water partition coefficient (Wildman–Crippen LogP) is 12.8. The Kier molecular flexibility index (Phi) is 5.98. The quantitative estimate of drug-likeness (QED) is 0.185. The van der Waals surface area contributed by atoms with E-state index >= 15 is 0 Å². The van der Waals surface area contributed by atoms with E-state index in [0.717, 1.165) is 33.9 Å². The van der Waals surface area contributed by atoms with E-state index in [9.17, 15) is 0 Å². The third-order valence-corrected chi connectivity index (χ3v) is 11.8. The molecule has 2 heterocycles. The second-order valence-electron chi connectivity index (χ2n) is 14.5. The van der Waals surface area contributed by atoms with Crippen molar-refractivity contribution < 1.29 is 0 Å². The molecular weight excluding hydrogens is 655 g/mol. The molecule has 250 valence electrons. The maximum absolute atomic E-state index is 5.34. The largest absolute Gasteiger partial charge is 0.278 e. The molecule has 3 aliphatic rings. The molecule has 0 bridgehead atoms. The van der Waals surface area contributed by atoms with Gasteiger partial charge < -0.3 is 0 Å². The van der Waals surface area contributed by atoms with Gasteiger partial charge in [-0.3, -0.25) is 4.90 Å². The zero-order chi connectivity index (χ0) is 35.4. The molecule has 0 fully saturated rings. The topological polar surface area (TPSA) is 29.0 Å². The van der Waals surface area contributed by atoms with Crippen LogP contribution in [0.5, 0.6) is 0 Å². The highest BCUT2D eigenvalue weighted by Crippen LogP contribution is 2.65. The highest BCUT2D eigenvalue weighted by molar-refractivity contribution is 6.19. The van der Waals surface area contributed by atoms with Crippen molar-refractivity contribution in [2.75, 3.05) is 4.90 Å². The molecule has 8 aromatic carbocycles. The monoisotopic (exact) mass is 685 g/mol. The van der Waals surface area contributed by atoms with Gasteiger partial charge in [0.2, 0.25) is 5.95 Å². The third-order valence-electron chi connectivity index (χ3n) is 11.8. The molecule has 1 aromatic heterocycles. The van der Waals surface area contributed by atoms with E-state index in [0.29, 0.717) is 5.95 Å². The molecule has 2 aliphatic carbocycles. The van der Waals surface area contributed by atoms with Gasteiger partial charge in [-0.2, -0.15) is 0 Å². The molecule has 0 atom stereocenters. The van der Waals surface area contributed by atoms with Crippen LogP contribution in [0.1, 0.15) is 22.3 Å². The molecular formula is C51H31N3. The van der Waals surface area contributed by atoms with Gasteiger partial charge in [0.1, 0.15) is 0 Å². The molecule has 0 saturated carbocycles. The summed E-state index contributed by atoms with van der Waals surface area (Å²) in [4.78, 5) is 13.0. The Morgan fingerprint density at radius 2 is 0.870 bits per heavy atom. The molecule has 1 aliphatic heterocycles. The lowest BCUT2D eigenvalue weighted by Crippen LogP contribution is -2.26. The molecule has 3 nitrogen and oxygen atoms in total. The van der Waals surface area contributed by atoms with Gasteiger partial charge in [0, 0.05) is 22.1 Å². The number of aromatic nitrogens is 2. The van der Waals surface area contributed by atoms with Crippen LogP contribution in [0.15, 0.2) is 188 Å². The molecule has 54 heavy (non-hydrogen) atoms. The van der Waals surface area contributed by atoms with Crippen molar-refractivity contribution in [3.63, 3.8) is 0 Å². The molecule has 1 spiro atoms. The minimum Gasteiger partial charge on any atom is -0.278 e. The van der Waals surface area contributed by atoms with Gasteiger partial charge in [0.25, 0.3) is 0 Å². The fourth-order valence-electron chi connectivity index (χ4n) is 9.73. The van der Waals surface area contributed by atoms with Crippen molar-refractivity contribution in [1.29, 1.82) is 0 Å². The third kappa shape index (κ3) is 3.80. The normalized spacial score (nSPS) is 13.7. The van der Waals surface area contributed by atoms with Gasteiger partial charge in [-0.15, -0.1) is 0 Å². The number of benzene rings is 8. The average Bonchev–Trinajstić information content (AvgIpc) is 3.72. The maximum Gasteiger partial charge on any atom is 0.235 e. The first kappa shape index (κ1) is 29.5. The molecule has 9 aromatic rings. The van der Waals surface area contributed by atoms with Crippen molar-refractivity contribution in [2.45, 2.75) is 5.41 Å². The summed E-state index contributed by atoms with van der Waals surface area (Å²) in [5.41, 5.74) is 18.6. The molecule has 3 heteroatoms. The Labute approximate surface area is 313 Å². The summed E-state index contributed by atoms with van der Waals surface area (Å²) >= 11 is 0. The molecule has 0 saturated heterocycles. The number of hydrogen-bond acceptors (Lipinski definition) is 3. The van der Waals surface area contributed by atoms with Crippen molar-refractivity contribution in [3.05, 3.63) is 210 Å². The van der Waals surface area contributed by atoms with E-state index in [-0.39, 0.29) is 0 Å². The summed E-state index contributed by atoms with van der Waals surface area (Å²) in [6.07, 6.45) is 0. The Bertz CT molecular complexity index is 2900. The average molecular weight is 686 g/mol. The lowest BCUT2D eigenvalue weighted by Gasteiger charge is -2.34. The van der Waals surface area contributed by atoms with E-state index < -0.39 is 5.41 Å². The SMILES string of the molecule is c1ccc(-c2cc(-c3ccccc3)nc(N3c4ccccc4-c4cc5c(c6cccc3c46)-c3ccccc3C53c4ccccc4-c4ccccc43)n2)cc1. The standard InChI is InChI=1S/C51H31N3/c1-3-16-32(17-4-1)44-31-45(33-18-5-2-6-19-33)53-50(52-44)54-46-28-14-10-22-36(46)39-30-43-48(38-24-15-29-47(54)49(38)39)37-23-9-13-27-42(37)51(43)40-25-11-7-20-34(40)35-21-8-12-26-41(35)51/h1-31H. The molecule has 0 amide bonds. The minimum absolute atomic E-state index is 0.427. The van der Waals surface area contributed by atoms with Crippen LogP contribution < -0.4 is 4.90 Å². The number of fused-ring (bicyclic) bond motifs is 13. The van der Waals surface area contributed by atoms with Crippen LogP contribution in [0.25, 0.3) is 66.7 Å². The smallest absolute Gasteiger partial charge is 0.235 e. The first-order chi connectivity index (χ1) is 26.8. The van der Waals surface area contributed by atoms with Gasteiger partial charge >= 0.3 is 0 Å². The lowest BCUT2D eigenvalue weighted by atomic mass is 9.69.